The van der Waals surface area contributed by atoms with Crippen molar-refractivity contribution in [2.45, 2.75) is 26.4 Å². The van der Waals surface area contributed by atoms with Gasteiger partial charge in [-0.25, -0.2) is 4.79 Å². The molecule has 1 amide bonds. The Morgan fingerprint density at radius 1 is 1.07 bits per heavy atom. The first-order chi connectivity index (χ1) is 20.8. The first-order valence-electron chi connectivity index (χ1n) is 13.6. The number of hydrogen-bond acceptors (Lipinski definition) is 8. The Hall–Kier alpha value is -4.94. The van der Waals surface area contributed by atoms with Gasteiger partial charge in [0.15, 0.2) is 11.5 Å². The van der Waals surface area contributed by atoms with Crippen molar-refractivity contribution in [1.29, 1.82) is 5.26 Å². The zero-order valence-electron chi connectivity index (χ0n) is 24.3. The van der Waals surface area contributed by atoms with Gasteiger partial charge in [0.1, 0.15) is 13.2 Å². The number of nitrogens with zero attached hydrogens (tertiary/aromatic N) is 1. The molecule has 1 atom stereocenters. The van der Waals surface area contributed by atoms with Crippen molar-refractivity contribution < 1.29 is 23.8 Å². The molecule has 3 aromatic carbocycles. The Morgan fingerprint density at radius 2 is 1.86 bits per heavy atom. The lowest BCUT2D eigenvalue weighted by atomic mass is 9.82. The van der Waals surface area contributed by atoms with E-state index in [2.05, 4.69) is 23.3 Å². The number of benzene rings is 3. The number of carbonyl (C=O) groups excluding carboxylic acids is 2. The van der Waals surface area contributed by atoms with Crippen molar-refractivity contribution in [2.75, 3.05) is 24.8 Å². The number of rotatable bonds is 12. The summed E-state index contributed by atoms with van der Waals surface area (Å²) in [6, 6.07) is 24.9. The minimum Gasteiger partial charge on any atom is -0.493 e. The number of thioether (sulfide) groups is 1. The maximum atomic E-state index is 13.3. The molecule has 0 saturated carbocycles. The fourth-order valence-electron chi connectivity index (χ4n) is 4.62. The van der Waals surface area contributed by atoms with Crippen molar-refractivity contribution in [3.05, 3.63) is 124 Å². The molecule has 43 heavy (non-hydrogen) atoms. The molecule has 0 radical (unpaired) electrons. The fourth-order valence-corrected chi connectivity index (χ4v) is 5.51. The number of methoxy groups -OCH3 is 1. The number of allylic oxidation sites excluding steroid dienone is 2. The summed E-state index contributed by atoms with van der Waals surface area (Å²) in [5.74, 6) is -0.556. The number of hydrogen-bond donors (Lipinski definition) is 2. The van der Waals surface area contributed by atoms with Gasteiger partial charge in [-0.3, -0.25) is 4.79 Å². The Bertz CT molecular complexity index is 1610. The molecule has 1 aliphatic heterocycles. The second-order valence-electron chi connectivity index (χ2n) is 9.73. The van der Waals surface area contributed by atoms with Gasteiger partial charge in [0.25, 0.3) is 0 Å². The van der Waals surface area contributed by atoms with Crippen LogP contribution < -0.4 is 20.1 Å². The second-order valence-corrected chi connectivity index (χ2v) is 10.7. The molecule has 0 spiro atoms. The molecule has 220 valence electrons. The van der Waals surface area contributed by atoms with E-state index in [4.69, 9.17) is 14.2 Å². The number of dihydropyridines is 1. The summed E-state index contributed by atoms with van der Waals surface area (Å²) in [5, 5.41) is 16.9. The first-order valence-corrected chi connectivity index (χ1v) is 14.6. The second kappa shape index (κ2) is 14.8. The Morgan fingerprint density at radius 3 is 2.56 bits per heavy atom. The summed E-state index contributed by atoms with van der Waals surface area (Å²) in [4.78, 5) is 26.0. The number of esters is 1. The van der Waals surface area contributed by atoms with E-state index in [1.54, 1.807) is 25.1 Å². The first kappa shape index (κ1) is 31.0. The highest BCUT2D eigenvalue weighted by atomic mass is 32.2. The van der Waals surface area contributed by atoms with E-state index in [0.29, 0.717) is 40.1 Å². The number of amides is 1. The number of ether oxygens (including phenoxy) is 3. The standard InChI is InChI=1S/C34H33N3O5S/c1-5-16-41-34(39)31-23(3)36-33(43-21-30(38)37-26-13-9-10-22(2)17-26)27(19-35)32(31)25-14-15-28(29(18-25)40-4)42-20-24-11-7-6-8-12-24/h5-15,17-18,32,36H,1,16,20-21H2,2-4H3,(H,37,38)/t32-/m0/s1. The number of anilines is 1. The lowest BCUT2D eigenvalue weighted by Crippen LogP contribution is -2.29. The van der Waals surface area contributed by atoms with Crippen LogP contribution in [0.4, 0.5) is 5.69 Å². The molecule has 0 aliphatic carbocycles. The Balaban J connectivity index is 1.65. The van der Waals surface area contributed by atoms with Crippen LogP contribution in [0, 0.1) is 18.3 Å². The maximum Gasteiger partial charge on any atom is 0.337 e. The number of carbonyl (C=O) groups is 2. The van der Waals surface area contributed by atoms with E-state index in [1.165, 1.54) is 24.9 Å². The summed E-state index contributed by atoms with van der Waals surface area (Å²) in [5.41, 5.74) is 4.44. The molecule has 2 N–H and O–H groups in total. The van der Waals surface area contributed by atoms with E-state index in [0.717, 1.165) is 11.1 Å². The normalized spacial score (nSPS) is 14.3. The lowest BCUT2D eigenvalue weighted by Gasteiger charge is -2.29. The minimum absolute atomic E-state index is 0.0181. The highest BCUT2D eigenvalue weighted by Crippen LogP contribution is 2.43. The monoisotopic (exact) mass is 595 g/mol. The average Bonchev–Trinajstić information content (AvgIpc) is 3.01. The summed E-state index contributed by atoms with van der Waals surface area (Å²) < 4.78 is 17.1. The molecule has 0 fully saturated rings. The van der Waals surface area contributed by atoms with Crippen molar-refractivity contribution >= 4 is 29.3 Å². The average molecular weight is 596 g/mol. The molecule has 0 bridgehead atoms. The summed E-state index contributed by atoms with van der Waals surface area (Å²) >= 11 is 1.19. The largest absolute Gasteiger partial charge is 0.493 e. The highest BCUT2D eigenvalue weighted by molar-refractivity contribution is 8.03. The smallest absolute Gasteiger partial charge is 0.337 e. The molecule has 0 saturated heterocycles. The zero-order valence-corrected chi connectivity index (χ0v) is 25.1. The van der Waals surface area contributed by atoms with E-state index >= 15 is 0 Å². The zero-order chi connectivity index (χ0) is 30.8. The number of aryl methyl sites for hydroxylation is 1. The topological polar surface area (TPSA) is 110 Å². The highest BCUT2D eigenvalue weighted by Gasteiger charge is 2.36. The molecule has 9 heteroatoms. The van der Waals surface area contributed by atoms with Crippen LogP contribution in [0.25, 0.3) is 0 Å². The summed E-state index contributed by atoms with van der Waals surface area (Å²) in [7, 11) is 1.53. The van der Waals surface area contributed by atoms with Gasteiger partial charge < -0.3 is 24.8 Å². The number of nitriles is 1. The van der Waals surface area contributed by atoms with Gasteiger partial charge >= 0.3 is 5.97 Å². The van der Waals surface area contributed by atoms with Gasteiger partial charge in [-0.2, -0.15) is 5.26 Å². The molecule has 0 aromatic heterocycles. The van der Waals surface area contributed by atoms with Crippen LogP contribution in [0.5, 0.6) is 11.5 Å². The third-order valence-electron chi connectivity index (χ3n) is 6.61. The van der Waals surface area contributed by atoms with E-state index in [1.807, 2.05) is 61.5 Å². The van der Waals surface area contributed by atoms with Crippen molar-refractivity contribution in [1.82, 2.24) is 5.32 Å². The lowest BCUT2D eigenvalue weighted by molar-refractivity contribution is -0.138. The van der Waals surface area contributed by atoms with Crippen LogP contribution in [0.2, 0.25) is 0 Å². The van der Waals surface area contributed by atoms with Crippen molar-refractivity contribution in [3.8, 4) is 17.6 Å². The summed E-state index contributed by atoms with van der Waals surface area (Å²) in [6.07, 6.45) is 1.48. The third-order valence-corrected chi connectivity index (χ3v) is 7.62. The molecule has 1 aliphatic rings. The summed E-state index contributed by atoms with van der Waals surface area (Å²) in [6.45, 7) is 7.68. The quantitative estimate of drug-likeness (QED) is 0.183. The maximum absolute atomic E-state index is 13.3. The minimum atomic E-state index is -0.775. The SMILES string of the molecule is C=CCOC(=O)C1=C(C)NC(SCC(=O)Nc2cccc(C)c2)=C(C#N)[C@@H]1c1ccc(OCc2ccccc2)c(OC)c1. The van der Waals surface area contributed by atoms with Crippen LogP contribution in [0.3, 0.4) is 0 Å². The molecule has 4 rings (SSSR count). The predicted octanol–water partition coefficient (Wildman–Crippen LogP) is 6.38. The fraction of sp³-hybridized carbons (Fsp3) is 0.206. The molecule has 0 unspecified atom stereocenters. The predicted molar refractivity (Wildman–Crippen MR) is 168 cm³/mol. The van der Waals surface area contributed by atoms with Crippen LogP contribution >= 0.6 is 11.8 Å². The molecular formula is C34H33N3O5S. The van der Waals surface area contributed by atoms with Crippen LogP contribution in [-0.4, -0.2) is 31.3 Å². The van der Waals surface area contributed by atoms with Gasteiger partial charge in [0.05, 0.1) is 41.0 Å². The van der Waals surface area contributed by atoms with Crippen LogP contribution in [0.15, 0.2) is 107 Å². The molecular weight excluding hydrogens is 562 g/mol. The Kier molecular flexibility index (Phi) is 10.7. The number of nitrogens with one attached hydrogen (secondary N) is 2. The van der Waals surface area contributed by atoms with Gasteiger partial charge in [0.2, 0.25) is 5.91 Å². The third kappa shape index (κ3) is 7.87. The van der Waals surface area contributed by atoms with Crippen LogP contribution in [-0.2, 0) is 20.9 Å². The molecule has 8 nitrogen and oxygen atoms in total. The molecule has 1 heterocycles. The van der Waals surface area contributed by atoms with Gasteiger partial charge in [0, 0.05) is 11.4 Å². The van der Waals surface area contributed by atoms with E-state index < -0.39 is 11.9 Å². The van der Waals surface area contributed by atoms with Gasteiger partial charge in [-0.05, 0) is 54.8 Å². The van der Waals surface area contributed by atoms with Crippen LogP contribution in [0.1, 0.15) is 29.5 Å². The van der Waals surface area contributed by atoms with Gasteiger partial charge in [-0.15, -0.1) is 0 Å². The Labute approximate surface area is 256 Å². The van der Waals surface area contributed by atoms with E-state index in [9.17, 15) is 14.9 Å². The molecule has 3 aromatic rings. The van der Waals surface area contributed by atoms with Crippen molar-refractivity contribution in [2.24, 2.45) is 0 Å². The van der Waals surface area contributed by atoms with Crippen molar-refractivity contribution in [3.63, 3.8) is 0 Å². The van der Waals surface area contributed by atoms with E-state index in [-0.39, 0.29) is 29.4 Å². The van der Waals surface area contributed by atoms with Gasteiger partial charge in [-0.1, -0.05) is 72.9 Å².